The van der Waals surface area contributed by atoms with Crippen molar-refractivity contribution < 1.29 is 36.2 Å². The normalized spacial score (nSPS) is 11.9. The van der Waals surface area contributed by atoms with Gasteiger partial charge in [-0.25, -0.2) is 4.79 Å². The molecule has 0 saturated heterocycles. The topological polar surface area (TPSA) is 37.3 Å². The first-order chi connectivity index (χ1) is 9.01. The molecular formula is C12H6F6O2. The molecule has 0 spiro atoms. The lowest BCUT2D eigenvalue weighted by molar-refractivity contribution is -0.253. The zero-order chi connectivity index (χ0) is 15.6. The third-order valence-electron chi connectivity index (χ3n) is 2.21. The fourth-order valence-electron chi connectivity index (χ4n) is 1.45. The minimum absolute atomic E-state index is 0.000695. The third kappa shape index (κ3) is 4.19. The molecule has 108 valence electrons. The fourth-order valence-corrected chi connectivity index (χ4v) is 1.45. The average molecular weight is 296 g/mol. The molecule has 0 atom stereocenters. The zero-order valence-corrected chi connectivity index (χ0v) is 9.51. The van der Waals surface area contributed by atoms with Gasteiger partial charge in [-0.2, -0.15) is 26.3 Å². The Labute approximate surface area is 109 Å². The van der Waals surface area contributed by atoms with Gasteiger partial charge in [0.25, 0.3) is 0 Å². The van der Waals surface area contributed by atoms with E-state index in [1.54, 1.807) is 5.92 Å². The molecular weight excluding hydrogens is 290 g/mol. The Morgan fingerprint density at radius 3 is 1.80 bits per heavy atom. The summed E-state index contributed by atoms with van der Waals surface area (Å²) in [6.07, 6.45) is -10.9. The number of rotatable bonds is 1. The van der Waals surface area contributed by atoms with Gasteiger partial charge in [0.05, 0.1) is 0 Å². The van der Waals surface area contributed by atoms with Crippen LogP contribution < -0.4 is 0 Å². The molecule has 0 bridgehead atoms. The Balaban J connectivity index is 3.14. The highest BCUT2D eigenvalue weighted by molar-refractivity contribution is 5.87. The Kier molecular flexibility index (Phi) is 4.33. The van der Waals surface area contributed by atoms with Gasteiger partial charge in [0.1, 0.15) is 0 Å². The van der Waals surface area contributed by atoms with Crippen molar-refractivity contribution in [2.75, 3.05) is 0 Å². The van der Waals surface area contributed by atoms with Gasteiger partial charge in [0, 0.05) is 11.5 Å². The number of carboxylic acid groups (broad SMARTS) is 1. The molecule has 8 heteroatoms. The summed E-state index contributed by atoms with van der Waals surface area (Å²) in [5, 5.41) is 8.26. The molecule has 1 aromatic rings. The lowest BCUT2D eigenvalue weighted by atomic mass is 9.97. The van der Waals surface area contributed by atoms with Crippen LogP contribution in [-0.4, -0.2) is 23.4 Å². The molecule has 1 rings (SSSR count). The predicted octanol–water partition coefficient (Wildman–Crippen LogP) is 3.33. The number of alkyl halides is 6. The molecule has 0 heterocycles. The Morgan fingerprint density at radius 2 is 1.45 bits per heavy atom. The van der Waals surface area contributed by atoms with E-state index in [9.17, 15) is 31.1 Å². The van der Waals surface area contributed by atoms with Crippen molar-refractivity contribution >= 4 is 5.97 Å². The van der Waals surface area contributed by atoms with Gasteiger partial charge in [0.2, 0.25) is 0 Å². The summed E-state index contributed by atoms with van der Waals surface area (Å²) >= 11 is 0. The van der Waals surface area contributed by atoms with Crippen LogP contribution in [0.25, 0.3) is 0 Å². The first-order valence-corrected chi connectivity index (χ1v) is 5.00. The monoisotopic (exact) mass is 296 g/mol. The molecule has 1 aromatic carbocycles. The van der Waals surface area contributed by atoms with Crippen LogP contribution in [0.15, 0.2) is 24.3 Å². The number of hydrogen-bond donors (Lipinski definition) is 1. The van der Waals surface area contributed by atoms with Crippen LogP contribution in [-0.2, 0) is 4.79 Å². The number of carboxylic acids is 1. The van der Waals surface area contributed by atoms with Crippen molar-refractivity contribution in [1.29, 1.82) is 0 Å². The van der Waals surface area contributed by atoms with Gasteiger partial charge < -0.3 is 5.11 Å². The molecule has 0 aliphatic heterocycles. The molecule has 0 saturated carbocycles. The predicted molar refractivity (Wildman–Crippen MR) is 55.8 cm³/mol. The Hall–Kier alpha value is -2.17. The molecule has 0 aromatic heterocycles. The molecule has 0 aliphatic carbocycles. The van der Waals surface area contributed by atoms with Crippen LogP contribution >= 0.6 is 0 Å². The van der Waals surface area contributed by atoms with Crippen molar-refractivity contribution in [3.63, 3.8) is 0 Å². The van der Waals surface area contributed by atoms with E-state index in [2.05, 4.69) is 5.92 Å². The van der Waals surface area contributed by atoms with Crippen molar-refractivity contribution in [2.45, 2.75) is 18.3 Å². The SMILES string of the molecule is O=C(O)C#Cc1ccc(C(C(F)(F)F)C(F)(F)F)cc1. The molecule has 1 N–H and O–H groups in total. The van der Waals surface area contributed by atoms with Gasteiger partial charge in [-0.3, -0.25) is 0 Å². The van der Waals surface area contributed by atoms with E-state index in [1.165, 1.54) is 0 Å². The van der Waals surface area contributed by atoms with Crippen molar-refractivity contribution in [3.05, 3.63) is 35.4 Å². The van der Waals surface area contributed by atoms with Gasteiger partial charge >= 0.3 is 18.3 Å². The highest BCUT2D eigenvalue weighted by atomic mass is 19.4. The quantitative estimate of drug-likeness (QED) is 0.637. The second-order valence-corrected chi connectivity index (χ2v) is 3.69. The summed E-state index contributed by atoms with van der Waals surface area (Å²) in [6.45, 7) is 0. The van der Waals surface area contributed by atoms with E-state index in [0.717, 1.165) is 12.1 Å². The maximum atomic E-state index is 12.4. The summed E-state index contributed by atoms with van der Waals surface area (Å²) in [7, 11) is 0. The smallest absolute Gasteiger partial charge is 0.404 e. The molecule has 20 heavy (non-hydrogen) atoms. The Bertz CT molecular complexity index is 531. The van der Waals surface area contributed by atoms with E-state index in [-0.39, 0.29) is 5.56 Å². The third-order valence-corrected chi connectivity index (χ3v) is 2.21. The number of carbonyl (C=O) groups is 1. The zero-order valence-electron chi connectivity index (χ0n) is 9.51. The van der Waals surface area contributed by atoms with Crippen LogP contribution in [0.5, 0.6) is 0 Å². The van der Waals surface area contributed by atoms with Crippen molar-refractivity contribution in [1.82, 2.24) is 0 Å². The average Bonchev–Trinajstić information content (AvgIpc) is 2.24. The largest absolute Gasteiger partial charge is 0.472 e. The minimum atomic E-state index is -5.47. The standard InChI is InChI=1S/C12H6F6O2/c13-11(14,15)10(12(16,17)18)8-4-1-7(2-5-8)3-6-9(19)20/h1-2,4-5,10H,(H,19,20). The summed E-state index contributed by atoms with van der Waals surface area (Å²) in [5.74, 6) is -1.28. The maximum Gasteiger partial charge on any atom is 0.404 e. The highest BCUT2D eigenvalue weighted by Crippen LogP contribution is 2.46. The lowest BCUT2D eigenvalue weighted by Gasteiger charge is -2.23. The van der Waals surface area contributed by atoms with Gasteiger partial charge in [-0.05, 0) is 17.7 Å². The van der Waals surface area contributed by atoms with Crippen molar-refractivity contribution in [3.8, 4) is 11.8 Å². The Morgan fingerprint density at radius 1 is 1.00 bits per heavy atom. The van der Waals surface area contributed by atoms with Gasteiger partial charge in [-0.1, -0.05) is 18.1 Å². The van der Waals surface area contributed by atoms with Crippen LogP contribution in [0.2, 0.25) is 0 Å². The molecule has 0 unspecified atom stereocenters. The molecule has 2 nitrogen and oxygen atoms in total. The highest BCUT2D eigenvalue weighted by Gasteiger charge is 2.57. The number of halogens is 6. The molecule has 0 aliphatic rings. The summed E-state index contributed by atoms with van der Waals surface area (Å²) in [5.41, 5.74) is -0.981. The molecule has 0 radical (unpaired) electrons. The van der Waals surface area contributed by atoms with E-state index in [0.29, 0.717) is 12.1 Å². The first-order valence-electron chi connectivity index (χ1n) is 5.00. The van der Waals surface area contributed by atoms with E-state index in [4.69, 9.17) is 5.11 Å². The van der Waals surface area contributed by atoms with Gasteiger partial charge in [-0.15, -0.1) is 0 Å². The summed E-state index contributed by atoms with van der Waals surface area (Å²) in [4.78, 5) is 10.1. The minimum Gasteiger partial charge on any atom is -0.472 e. The maximum absolute atomic E-state index is 12.4. The number of aliphatic carboxylic acids is 1. The first kappa shape index (κ1) is 15.9. The van der Waals surface area contributed by atoms with Crippen LogP contribution in [0, 0.1) is 11.8 Å². The van der Waals surface area contributed by atoms with Crippen LogP contribution in [0.3, 0.4) is 0 Å². The lowest BCUT2D eigenvalue weighted by Crippen LogP contribution is -2.34. The second-order valence-electron chi connectivity index (χ2n) is 3.69. The van der Waals surface area contributed by atoms with Crippen LogP contribution in [0.1, 0.15) is 17.0 Å². The number of hydrogen-bond acceptors (Lipinski definition) is 1. The van der Waals surface area contributed by atoms with E-state index in [1.807, 2.05) is 0 Å². The van der Waals surface area contributed by atoms with Gasteiger partial charge in [0.15, 0.2) is 5.92 Å². The van der Waals surface area contributed by atoms with E-state index < -0.39 is 29.8 Å². The second kappa shape index (κ2) is 5.45. The fraction of sp³-hybridized carbons (Fsp3) is 0.250. The van der Waals surface area contributed by atoms with Crippen LogP contribution in [0.4, 0.5) is 26.3 Å². The summed E-state index contributed by atoms with van der Waals surface area (Å²) in [6, 6.07) is 3.04. The number of benzene rings is 1. The molecule has 0 fully saturated rings. The summed E-state index contributed by atoms with van der Waals surface area (Å²) < 4.78 is 74.6. The van der Waals surface area contributed by atoms with Crippen molar-refractivity contribution in [2.24, 2.45) is 0 Å². The van der Waals surface area contributed by atoms with E-state index >= 15 is 0 Å². The molecule has 0 amide bonds.